The zero-order valence-electron chi connectivity index (χ0n) is 9.07. The maximum Gasteiger partial charge on any atom is 0.195 e. The molecule has 0 atom stereocenters. The van der Waals surface area contributed by atoms with Gasteiger partial charge >= 0.3 is 0 Å². The van der Waals surface area contributed by atoms with Crippen LogP contribution in [0.15, 0.2) is 24.3 Å². The van der Waals surface area contributed by atoms with Gasteiger partial charge < -0.3 is 0 Å². The van der Waals surface area contributed by atoms with E-state index in [1.165, 1.54) is 0 Å². The Hall–Kier alpha value is -1.13. The Bertz CT molecular complexity index is 556. The molecule has 0 fully saturated rings. The van der Waals surface area contributed by atoms with E-state index in [4.69, 9.17) is 23.8 Å². The lowest BCUT2D eigenvalue weighted by Crippen LogP contribution is -2.03. The third-order valence-electron chi connectivity index (χ3n) is 2.34. The lowest BCUT2D eigenvalue weighted by molar-refractivity contribution is 0.597. The highest BCUT2D eigenvalue weighted by atomic mass is 35.5. The third-order valence-corrected chi connectivity index (χ3v) is 2.95. The fraction of sp³-hybridized carbons (Fsp3) is 0.273. The molecule has 2 rings (SSSR count). The van der Waals surface area contributed by atoms with Gasteiger partial charge in [0.05, 0.1) is 5.02 Å². The molecular weight excluding hydrogens is 242 g/mol. The molecule has 0 saturated carbocycles. The minimum Gasteiger partial charge on any atom is -0.298 e. The maximum atomic E-state index is 6.14. The van der Waals surface area contributed by atoms with Gasteiger partial charge in [0.1, 0.15) is 0 Å². The first kappa shape index (κ1) is 11.4. The molecule has 0 aliphatic heterocycles. The monoisotopic (exact) mass is 253 g/mol. The van der Waals surface area contributed by atoms with E-state index in [1.54, 1.807) is 0 Å². The van der Waals surface area contributed by atoms with Crippen molar-refractivity contribution in [2.45, 2.75) is 19.9 Å². The molecule has 1 N–H and O–H groups in total. The average Bonchev–Trinajstić information content (AvgIpc) is 2.61. The Morgan fingerprint density at radius 3 is 2.69 bits per heavy atom. The average molecular weight is 254 g/mol. The molecule has 0 amide bonds. The molecule has 1 heterocycles. The second-order valence-electron chi connectivity index (χ2n) is 3.80. The van der Waals surface area contributed by atoms with Crippen molar-refractivity contribution in [2.75, 3.05) is 0 Å². The van der Waals surface area contributed by atoms with Gasteiger partial charge in [0.15, 0.2) is 10.6 Å². The number of H-pyrrole nitrogens is 1. The summed E-state index contributed by atoms with van der Waals surface area (Å²) in [5.41, 5.74) is 0.894. The van der Waals surface area contributed by atoms with Crippen LogP contribution in [-0.2, 0) is 0 Å². The van der Waals surface area contributed by atoms with Crippen LogP contribution in [0.25, 0.3) is 11.4 Å². The van der Waals surface area contributed by atoms with E-state index in [9.17, 15) is 0 Å². The zero-order valence-corrected chi connectivity index (χ0v) is 10.6. The molecule has 0 unspecified atom stereocenters. The summed E-state index contributed by atoms with van der Waals surface area (Å²) in [5.74, 6) is 0.783. The van der Waals surface area contributed by atoms with Gasteiger partial charge in [0.25, 0.3) is 0 Å². The largest absolute Gasteiger partial charge is 0.298 e. The van der Waals surface area contributed by atoms with E-state index < -0.39 is 0 Å². The van der Waals surface area contributed by atoms with Gasteiger partial charge in [-0.25, -0.2) is 0 Å². The molecule has 0 radical (unpaired) electrons. The quantitative estimate of drug-likeness (QED) is 0.825. The van der Waals surface area contributed by atoms with Crippen molar-refractivity contribution >= 4 is 23.8 Å². The summed E-state index contributed by atoms with van der Waals surface area (Å²) in [4.78, 5) is 0. The second kappa shape index (κ2) is 4.39. The minimum atomic E-state index is 0.248. The number of nitrogens with zero attached hydrogens (tertiary/aromatic N) is 2. The van der Waals surface area contributed by atoms with E-state index in [0.717, 1.165) is 11.4 Å². The summed E-state index contributed by atoms with van der Waals surface area (Å²) < 4.78 is 2.57. The van der Waals surface area contributed by atoms with Crippen LogP contribution in [0.5, 0.6) is 0 Å². The molecule has 1 aromatic carbocycles. The van der Waals surface area contributed by atoms with Crippen LogP contribution >= 0.6 is 23.8 Å². The maximum absolute atomic E-state index is 6.14. The van der Waals surface area contributed by atoms with E-state index in [1.807, 2.05) is 28.8 Å². The number of hydrogen-bond donors (Lipinski definition) is 1. The number of aromatic nitrogens is 3. The highest BCUT2D eigenvalue weighted by molar-refractivity contribution is 7.71. The minimum absolute atomic E-state index is 0.248. The molecule has 1 aromatic heterocycles. The Morgan fingerprint density at radius 2 is 2.06 bits per heavy atom. The van der Waals surface area contributed by atoms with Crippen molar-refractivity contribution in [1.29, 1.82) is 0 Å². The first-order valence-electron chi connectivity index (χ1n) is 5.03. The highest BCUT2D eigenvalue weighted by Crippen LogP contribution is 2.27. The predicted molar refractivity (Wildman–Crippen MR) is 68.2 cm³/mol. The summed E-state index contributed by atoms with van der Waals surface area (Å²) in [7, 11) is 0. The van der Waals surface area contributed by atoms with Crippen molar-refractivity contribution in [3.8, 4) is 11.4 Å². The number of rotatable bonds is 2. The van der Waals surface area contributed by atoms with E-state index in [-0.39, 0.29) is 6.04 Å². The van der Waals surface area contributed by atoms with Crippen LogP contribution in [0.3, 0.4) is 0 Å². The lowest BCUT2D eigenvalue weighted by Gasteiger charge is -2.10. The SMILES string of the molecule is CC(C)n1c(-c2ccccc2Cl)n[nH]c1=S. The molecule has 16 heavy (non-hydrogen) atoms. The van der Waals surface area contributed by atoms with Crippen LogP contribution < -0.4 is 0 Å². The summed E-state index contributed by atoms with van der Waals surface area (Å²) in [6.07, 6.45) is 0. The normalized spacial score (nSPS) is 11.0. The summed E-state index contributed by atoms with van der Waals surface area (Å²) in [6.45, 7) is 4.12. The van der Waals surface area contributed by atoms with E-state index in [2.05, 4.69) is 24.0 Å². The first-order chi connectivity index (χ1) is 7.61. The molecule has 5 heteroatoms. The van der Waals surface area contributed by atoms with E-state index >= 15 is 0 Å². The van der Waals surface area contributed by atoms with Gasteiger partial charge in [0.2, 0.25) is 0 Å². The third kappa shape index (κ3) is 1.90. The van der Waals surface area contributed by atoms with Gasteiger partial charge in [0, 0.05) is 11.6 Å². The number of nitrogens with one attached hydrogen (secondary N) is 1. The van der Waals surface area contributed by atoms with Crippen LogP contribution in [0.1, 0.15) is 19.9 Å². The van der Waals surface area contributed by atoms with Crippen molar-refractivity contribution < 1.29 is 0 Å². The molecule has 0 spiro atoms. The van der Waals surface area contributed by atoms with Crippen molar-refractivity contribution in [2.24, 2.45) is 0 Å². The summed E-state index contributed by atoms with van der Waals surface area (Å²) >= 11 is 11.3. The molecule has 0 bridgehead atoms. The fourth-order valence-electron chi connectivity index (χ4n) is 1.62. The highest BCUT2D eigenvalue weighted by Gasteiger charge is 2.13. The van der Waals surface area contributed by atoms with Crippen LogP contribution in [-0.4, -0.2) is 14.8 Å². The van der Waals surface area contributed by atoms with Gasteiger partial charge in [-0.15, -0.1) is 0 Å². The number of halogens is 1. The number of aromatic amines is 1. The fourth-order valence-corrected chi connectivity index (χ4v) is 2.18. The van der Waals surface area contributed by atoms with Crippen LogP contribution in [0.2, 0.25) is 5.02 Å². The standard InChI is InChI=1S/C11H12ClN3S/c1-7(2)15-10(13-14-11(15)16)8-5-3-4-6-9(8)12/h3-7H,1-2H3,(H,14,16). The predicted octanol–water partition coefficient (Wildman–Crippen LogP) is 3.84. The van der Waals surface area contributed by atoms with Gasteiger partial charge in [-0.2, -0.15) is 5.10 Å². The number of hydrogen-bond acceptors (Lipinski definition) is 2. The lowest BCUT2D eigenvalue weighted by atomic mass is 10.2. The van der Waals surface area contributed by atoms with E-state index in [0.29, 0.717) is 9.79 Å². The number of benzene rings is 1. The molecule has 2 aromatic rings. The van der Waals surface area contributed by atoms with Gasteiger partial charge in [-0.1, -0.05) is 23.7 Å². The zero-order chi connectivity index (χ0) is 11.7. The molecule has 3 nitrogen and oxygen atoms in total. The topological polar surface area (TPSA) is 33.6 Å². The molecule has 84 valence electrons. The summed E-state index contributed by atoms with van der Waals surface area (Å²) in [5, 5.41) is 7.71. The van der Waals surface area contributed by atoms with Crippen molar-refractivity contribution in [3.63, 3.8) is 0 Å². The first-order valence-corrected chi connectivity index (χ1v) is 5.81. The summed E-state index contributed by atoms with van der Waals surface area (Å²) in [6, 6.07) is 7.86. The second-order valence-corrected chi connectivity index (χ2v) is 4.59. The Kier molecular flexibility index (Phi) is 3.12. The van der Waals surface area contributed by atoms with Crippen molar-refractivity contribution in [1.82, 2.24) is 14.8 Å². The van der Waals surface area contributed by atoms with Crippen LogP contribution in [0, 0.1) is 4.77 Å². The molecule has 0 aliphatic carbocycles. The smallest absolute Gasteiger partial charge is 0.195 e. The Balaban J connectivity index is 2.66. The van der Waals surface area contributed by atoms with Gasteiger partial charge in [-0.3, -0.25) is 9.67 Å². The van der Waals surface area contributed by atoms with Crippen molar-refractivity contribution in [3.05, 3.63) is 34.1 Å². The van der Waals surface area contributed by atoms with Crippen LogP contribution in [0.4, 0.5) is 0 Å². The molecular formula is C11H12ClN3S. The molecule has 0 aliphatic rings. The Morgan fingerprint density at radius 1 is 1.38 bits per heavy atom. The Labute approximate surface area is 104 Å². The van der Waals surface area contributed by atoms with Gasteiger partial charge in [-0.05, 0) is 38.2 Å². The molecule has 0 saturated heterocycles.